The van der Waals surface area contributed by atoms with E-state index in [0.717, 1.165) is 45.9 Å². The van der Waals surface area contributed by atoms with E-state index in [-0.39, 0.29) is 5.63 Å². The van der Waals surface area contributed by atoms with Crippen LogP contribution in [-0.4, -0.2) is 0 Å². The molecule has 3 aromatic carbocycles. The first-order valence-corrected chi connectivity index (χ1v) is 9.20. The summed E-state index contributed by atoms with van der Waals surface area (Å²) in [6.45, 7) is 2.11. The highest BCUT2D eigenvalue weighted by Crippen LogP contribution is 2.35. The maximum Gasteiger partial charge on any atom is 0.336 e. The van der Waals surface area contributed by atoms with Gasteiger partial charge in [-0.05, 0) is 40.5 Å². The third-order valence-corrected chi connectivity index (χ3v) is 5.10. The maximum atomic E-state index is 11.9. The standard InChI is InChI=1S/C24H18O3/c1-2-5-17-11-24(25)27-23-13-22-20(12-19(17)23)21(14-26-22)18-9-8-15-6-3-4-7-16(15)10-18/h3-4,6-14H,2,5H2,1H3. The Labute approximate surface area is 155 Å². The Morgan fingerprint density at radius 2 is 1.70 bits per heavy atom. The number of rotatable bonds is 3. The smallest absolute Gasteiger partial charge is 0.336 e. The Bertz CT molecular complexity index is 1350. The van der Waals surface area contributed by atoms with E-state index in [1.165, 1.54) is 10.8 Å². The normalized spacial score (nSPS) is 11.6. The predicted octanol–water partition coefficient (Wildman–Crippen LogP) is 6.31. The second-order valence-corrected chi connectivity index (χ2v) is 6.90. The van der Waals surface area contributed by atoms with Gasteiger partial charge in [0.1, 0.15) is 11.2 Å². The molecule has 0 spiro atoms. The van der Waals surface area contributed by atoms with Gasteiger partial charge in [-0.15, -0.1) is 0 Å². The molecule has 0 amide bonds. The lowest BCUT2D eigenvalue weighted by molar-refractivity contribution is 0.557. The molecule has 5 rings (SSSR count). The van der Waals surface area contributed by atoms with Crippen LogP contribution >= 0.6 is 0 Å². The Balaban J connectivity index is 1.77. The van der Waals surface area contributed by atoms with Crippen molar-refractivity contribution in [2.24, 2.45) is 0 Å². The summed E-state index contributed by atoms with van der Waals surface area (Å²) in [5.41, 5.74) is 4.18. The summed E-state index contributed by atoms with van der Waals surface area (Å²) >= 11 is 0. The van der Waals surface area contributed by atoms with Crippen LogP contribution in [0.25, 0.3) is 43.8 Å². The first-order chi connectivity index (χ1) is 13.2. The average Bonchev–Trinajstić information content (AvgIpc) is 3.09. The summed E-state index contributed by atoms with van der Waals surface area (Å²) in [4.78, 5) is 11.9. The van der Waals surface area contributed by atoms with Crippen molar-refractivity contribution in [3.05, 3.63) is 82.9 Å². The molecule has 2 aromatic heterocycles. The van der Waals surface area contributed by atoms with E-state index in [0.29, 0.717) is 5.58 Å². The van der Waals surface area contributed by atoms with E-state index in [1.54, 1.807) is 12.3 Å². The second kappa shape index (κ2) is 6.13. The molecule has 3 nitrogen and oxygen atoms in total. The van der Waals surface area contributed by atoms with Gasteiger partial charge in [-0.3, -0.25) is 0 Å². The predicted molar refractivity (Wildman–Crippen MR) is 109 cm³/mol. The Morgan fingerprint density at radius 3 is 2.56 bits per heavy atom. The molecule has 0 atom stereocenters. The number of hydrogen-bond acceptors (Lipinski definition) is 3. The fraction of sp³-hybridized carbons (Fsp3) is 0.125. The van der Waals surface area contributed by atoms with Crippen LogP contribution in [0.4, 0.5) is 0 Å². The van der Waals surface area contributed by atoms with Crippen molar-refractivity contribution in [3.63, 3.8) is 0 Å². The third-order valence-electron chi connectivity index (χ3n) is 5.10. The molecular weight excluding hydrogens is 336 g/mol. The molecule has 0 aliphatic carbocycles. The molecule has 3 heteroatoms. The zero-order valence-corrected chi connectivity index (χ0v) is 15.0. The van der Waals surface area contributed by atoms with Gasteiger partial charge in [-0.1, -0.05) is 49.7 Å². The lowest BCUT2D eigenvalue weighted by atomic mass is 9.98. The van der Waals surface area contributed by atoms with Gasteiger partial charge >= 0.3 is 5.63 Å². The second-order valence-electron chi connectivity index (χ2n) is 6.90. The fourth-order valence-electron chi connectivity index (χ4n) is 3.80. The molecule has 0 bridgehead atoms. The van der Waals surface area contributed by atoms with Crippen molar-refractivity contribution in [2.75, 3.05) is 0 Å². The maximum absolute atomic E-state index is 11.9. The van der Waals surface area contributed by atoms with Crippen LogP contribution in [0.5, 0.6) is 0 Å². The van der Waals surface area contributed by atoms with E-state index in [4.69, 9.17) is 8.83 Å². The molecule has 0 N–H and O–H groups in total. The molecular formula is C24H18O3. The molecule has 27 heavy (non-hydrogen) atoms. The lowest BCUT2D eigenvalue weighted by Crippen LogP contribution is -2.00. The molecule has 0 radical (unpaired) electrons. The number of fused-ring (bicyclic) bond motifs is 3. The molecule has 132 valence electrons. The van der Waals surface area contributed by atoms with E-state index >= 15 is 0 Å². The summed E-state index contributed by atoms with van der Waals surface area (Å²) in [5, 5.41) is 4.42. The summed E-state index contributed by atoms with van der Waals surface area (Å²) in [7, 11) is 0. The molecule has 0 aliphatic heterocycles. The molecule has 0 fully saturated rings. The molecule has 0 aliphatic rings. The van der Waals surface area contributed by atoms with Crippen molar-refractivity contribution in [1.29, 1.82) is 0 Å². The quantitative estimate of drug-likeness (QED) is 0.356. The van der Waals surface area contributed by atoms with Gasteiger partial charge in [-0.2, -0.15) is 0 Å². The van der Waals surface area contributed by atoms with Gasteiger partial charge in [0.15, 0.2) is 0 Å². The fourth-order valence-corrected chi connectivity index (χ4v) is 3.80. The minimum atomic E-state index is -0.313. The van der Waals surface area contributed by atoms with Crippen molar-refractivity contribution < 1.29 is 8.83 Å². The monoisotopic (exact) mass is 354 g/mol. The van der Waals surface area contributed by atoms with Gasteiger partial charge in [0, 0.05) is 28.5 Å². The van der Waals surface area contributed by atoms with Crippen LogP contribution in [0.15, 0.2) is 80.6 Å². The van der Waals surface area contributed by atoms with Crippen LogP contribution in [0.1, 0.15) is 18.9 Å². The summed E-state index contributed by atoms with van der Waals surface area (Å²) < 4.78 is 11.2. The van der Waals surface area contributed by atoms with Crippen molar-refractivity contribution >= 4 is 32.7 Å². The zero-order valence-electron chi connectivity index (χ0n) is 15.0. The summed E-state index contributed by atoms with van der Waals surface area (Å²) in [6, 6.07) is 20.3. The highest BCUT2D eigenvalue weighted by atomic mass is 16.4. The van der Waals surface area contributed by atoms with Gasteiger partial charge in [0.05, 0.1) is 6.26 Å². The van der Waals surface area contributed by atoms with Crippen molar-refractivity contribution in [2.45, 2.75) is 19.8 Å². The third kappa shape index (κ3) is 2.63. The van der Waals surface area contributed by atoms with E-state index in [2.05, 4.69) is 43.3 Å². The molecule has 0 unspecified atom stereocenters. The summed E-state index contributed by atoms with van der Waals surface area (Å²) in [6.07, 6.45) is 3.60. The number of hydrogen-bond donors (Lipinski definition) is 0. The Kier molecular flexibility index (Phi) is 3.61. The minimum absolute atomic E-state index is 0.313. The average molecular weight is 354 g/mol. The van der Waals surface area contributed by atoms with Crippen molar-refractivity contribution in [3.8, 4) is 11.1 Å². The largest absolute Gasteiger partial charge is 0.464 e. The highest BCUT2D eigenvalue weighted by Gasteiger charge is 2.13. The Morgan fingerprint density at radius 1 is 0.852 bits per heavy atom. The number of benzene rings is 3. The number of furan rings is 1. The first kappa shape index (κ1) is 15.9. The van der Waals surface area contributed by atoms with Crippen LogP contribution in [0.3, 0.4) is 0 Å². The summed E-state index contributed by atoms with van der Waals surface area (Å²) in [5.74, 6) is 0. The van der Waals surface area contributed by atoms with Crippen LogP contribution in [0.2, 0.25) is 0 Å². The van der Waals surface area contributed by atoms with Crippen LogP contribution < -0.4 is 5.63 Å². The van der Waals surface area contributed by atoms with E-state index in [9.17, 15) is 4.79 Å². The highest BCUT2D eigenvalue weighted by molar-refractivity contribution is 6.03. The van der Waals surface area contributed by atoms with E-state index < -0.39 is 0 Å². The lowest BCUT2D eigenvalue weighted by Gasteiger charge is -2.06. The zero-order chi connectivity index (χ0) is 18.4. The van der Waals surface area contributed by atoms with Crippen LogP contribution in [0, 0.1) is 0 Å². The van der Waals surface area contributed by atoms with Gasteiger partial charge in [-0.25, -0.2) is 4.79 Å². The Hall–Kier alpha value is -3.33. The topological polar surface area (TPSA) is 43.4 Å². The van der Waals surface area contributed by atoms with Gasteiger partial charge in [0.2, 0.25) is 0 Å². The minimum Gasteiger partial charge on any atom is -0.464 e. The van der Waals surface area contributed by atoms with Crippen LogP contribution in [-0.2, 0) is 6.42 Å². The SMILES string of the molecule is CCCc1cc(=O)oc2cc3occ(-c4ccc5ccccc5c4)c3cc12. The molecule has 2 heterocycles. The molecule has 0 saturated carbocycles. The molecule has 5 aromatic rings. The van der Waals surface area contributed by atoms with Gasteiger partial charge < -0.3 is 8.83 Å². The molecule has 0 saturated heterocycles. The van der Waals surface area contributed by atoms with Crippen molar-refractivity contribution in [1.82, 2.24) is 0 Å². The van der Waals surface area contributed by atoms with E-state index in [1.807, 2.05) is 18.2 Å². The first-order valence-electron chi connectivity index (χ1n) is 9.20. The number of aryl methyl sites for hydroxylation is 1. The van der Waals surface area contributed by atoms with Gasteiger partial charge in [0.25, 0.3) is 0 Å².